The molecular weight excluding hydrogens is 348 g/mol. The van der Waals surface area contributed by atoms with Crippen LogP contribution in [0.3, 0.4) is 0 Å². The zero-order chi connectivity index (χ0) is 19.2. The van der Waals surface area contributed by atoms with Gasteiger partial charge in [-0.2, -0.15) is 0 Å². The summed E-state index contributed by atoms with van der Waals surface area (Å²) in [7, 11) is 2.90. The number of nitrogens with zero attached hydrogens (tertiary/aromatic N) is 1. The average molecular weight is 368 g/mol. The second-order valence-corrected chi connectivity index (χ2v) is 6.73. The number of fused-ring (bicyclic) bond motifs is 4. The van der Waals surface area contributed by atoms with Gasteiger partial charge in [-0.1, -0.05) is 12.1 Å². The first-order chi connectivity index (χ1) is 13.0. The molecule has 2 amide bonds. The number of nitrogens with one attached hydrogen (secondary N) is 1. The van der Waals surface area contributed by atoms with Gasteiger partial charge in [0.2, 0.25) is 0 Å². The number of urea groups is 1. The summed E-state index contributed by atoms with van der Waals surface area (Å²) >= 11 is 0. The molecule has 7 nitrogen and oxygen atoms in total. The van der Waals surface area contributed by atoms with Crippen molar-refractivity contribution in [2.75, 3.05) is 19.1 Å². The van der Waals surface area contributed by atoms with Gasteiger partial charge in [-0.25, -0.2) is 9.59 Å². The number of anilines is 1. The molecule has 0 radical (unpaired) electrons. The van der Waals surface area contributed by atoms with Crippen LogP contribution >= 0.6 is 0 Å². The van der Waals surface area contributed by atoms with Gasteiger partial charge in [0.15, 0.2) is 5.72 Å². The Balaban J connectivity index is 1.77. The Labute approximate surface area is 156 Å². The van der Waals surface area contributed by atoms with Crippen LogP contribution in [0.2, 0.25) is 0 Å². The number of carbonyl (C=O) groups is 2. The number of amides is 2. The van der Waals surface area contributed by atoms with Crippen molar-refractivity contribution in [1.29, 1.82) is 0 Å². The maximum Gasteiger partial charge on any atom is 0.337 e. The van der Waals surface area contributed by atoms with Crippen LogP contribution in [0.15, 0.2) is 42.5 Å². The fraction of sp³-hybridized carbons (Fsp3) is 0.300. The topological polar surface area (TPSA) is 77.1 Å². The first-order valence-corrected chi connectivity index (χ1v) is 8.62. The summed E-state index contributed by atoms with van der Waals surface area (Å²) in [6, 6.07) is 11.9. The van der Waals surface area contributed by atoms with Crippen molar-refractivity contribution < 1.29 is 23.8 Å². The van der Waals surface area contributed by atoms with Crippen LogP contribution in [0.5, 0.6) is 11.5 Å². The molecule has 0 spiro atoms. The third-order valence-corrected chi connectivity index (χ3v) is 5.02. The largest absolute Gasteiger partial charge is 0.495 e. The number of ether oxygens (including phenoxy) is 3. The summed E-state index contributed by atoms with van der Waals surface area (Å²) in [4.78, 5) is 26.4. The summed E-state index contributed by atoms with van der Waals surface area (Å²) in [6.07, 6.45) is 0.522. The predicted octanol–water partition coefficient (Wildman–Crippen LogP) is 3.25. The summed E-state index contributed by atoms with van der Waals surface area (Å²) < 4.78 is 16.5. The molecule has 7 heteroatoms. The Morgan fingerprint density at radius 1 is 1.26 bits per heavy atom. The number of hydrogen-bond donors (Lipinski definition) is 1. The van der Waals surface area contributed by atoms with Crippen molar-refractivity contribution in [3.63, 3.8) is 0 Å². The highest BCUT2D eigenvalue weighted by Crippen LogP contribution is 2.47. The van der Waals surface area contributed by atoms with Crippen LogP contribution in [0.25, 0.3) is 0 Å². The molecule has 2 aromatic rings. The lowest BCUT2D eigenvalue weighted by Crippen LogP contribution is -2.65. The molecule has 0 aliphatic carbocycles. The van der Waals surface area contributed by atoms with Gasteiger partial charge in [0.05, 0.1) is 31.5 Å². The Morgan fingerprint density at radius 3 is 2.78 bits per heavy atom. The molecule has 0 unspecified atom stereocenters. The van der Waals surface area contributed by atoms with E-state index >= 15 is 0 Å². The van der Waals surface area contributed by atoms with Gasteiger partial charge >= 0.3 is 12.0 Å². The smallest absolute Gasteiger partial charge is 0.337 e. The molecule has 1 N–H and O–H groups in total. The van der Waals surface area contributed by atoms with Crippen molar-refractivity contribution in [1.82, 2.24) is 5.32 Å². The van der Waals surface area contributed by atoms with Crippen LogP contribution in [-0.2, 0) is 4.74 Å². The van der Waals surface area contributed by atoms with Gasteiger partial charge < -0.3 is 19.5 Å². The van der Waals surface area contributed by atoms with E-state index in [0.717, 1.165) is 5.56 Å². The van der Waals surface area contributed by atoms with Gasteiger partial charge in [-0.15, -0.1) is 0 Å². The van der Waals surface area contributed by atoms with E-state index in [1.165, 1.54) is 7.11 Å². The quantitative estimate of drug-likeness (QED) is 0.842. The lowest BCUT2D eigenvalue weighted by Gasteiger charge is -2.50. The lowest BCUT2D eigenvalue weighted by molar-refractivity contribution is 0.0374. The third-order valence-electron chi connectivity index (χ3n) is 5.02. The maximum absolute atomic E-state index is 13.0. The highest BCUT2D eigenvalue weighted by Gasteiger charge is 2.50. The molecule has 2 aromatic carbocycles. The highest BCUT2D eigenvalue weighted by atomic mass is 16.5. The molecule has 1 saturated heterocycles. The summed E-state index contributed by atoms with van der Waals surface area (Å²) in [6.45, 7) is 1.88. The Kier molecular flexibility index (Phi) is 3.95. The lowest BCUT2D eigenvalue weighted by atomic mass is 9.89. The molecule has 2 heterocycles. The average Bonchev–Trinajstić information content (AvgIpc) is 2.66. The maximum atomic E-state index is 13.0. The summed E-state index contributed by atoms with van der Waals surface area (Å²) in [5, 5.41) is 3.01. The van der Waals surface area contributed by atoms with Crippen molar-refractivity contribution in [3.05, 3.63) is 53.6 Å². The minimum absolute atomic E-state index is 0.262. The molecule has 4 rings (SSSR count). The molecule has 0 aromatic heterocycles. The van der Waals surface area contributed by atoms with Crippen LogP contribution in [0.4, 0.5) is 10.5 Å². The SMILES string of the molecule is COC(=O)c1ccc2c(c1)[C@H]1C[C@@](C)(O2)N(c2ccccc2OC)C(=O)N1. The Bertz CT molecular complexity index is 928. The van der Waals surface area contributed by atoms with Crippen molar-refractivity contribution >= 4 is 17.7 Å². The van der Waals surface area contributed by atoms with Gasteiger partial charge in [0.1, 0.15) is 11.5 Å². The molecule has 2 atom stereocenters. The second-order valence-electron chi connectivity index (χ2n) is 6.73. The van der Waals surface area contributed by atoms with E-state index in [1.54, 1.807) is 36.3 Å². The molecule has 0 saturated carbocycles. The normalized spacial score (nSPS) is 23.0. The zero-order valence-electron chi connectivity index (χ0n) is 15.3. The molecule has 2 bridgehead atoms. The van der Waals surface area contributed by atoms with E-state index in [9.17, 15) is 9.59 Å². The zero-order valence-corrected chi connectivity index (χ0v) is 15.3. The standard InChI is InChI=1S/C20H20N2O5/c1-20-11-14(13-10-12(18(23)26-3)8-9-16(13)27-20)21-19(24)22(20)15-6-4-5-7-17(15)25-2/h4-10,14H,11H2,1-3H3,(H,21,24)/t14-,20-/m1/s1. The van der Waals surface area contributed by atoms with E-state index < -0.39 is 11.7 Å². The fourth-order valence-electron chi connectivity index (χ4n) is 3.80. The predicted molar refractivity (Wildman–Crippen MR) is 98.2 cm³/mol. The van der Waals surface area contributed by atoms with Crippen molar-refractivity contribution in [2.24, 2.45) is 0 Å². The molecule has 2 aliphatic rings. The first kappa shape index (κ1) is 17.2. The Hall–Kier alpha value is -3.22. The highest BCUT2D eigenvalue weighted by molar-refractivity contribution is 5.96. The number of carbonyl (C=O) groups excluding carboxylic acids is 2. The van der Waals surface area contributed by atoms with Gasteiger partial charge in [0, 0.05) is 12.0 Å². The van der Waals surface area contributed by atoms with Gasteiger partial charge in [-0.3, -0.25) is 4.90 Å². The minimum atomic E-state index is -0.887. The number of para-hydroxylation sites is 2. The number of benzene rings is 2. The fourth-order valence-corrected chi connectivity index (χ4v) is 3.80. The third kappa shape index (κ3) is 2.66. The number of rotatable bonds is 3. The minimum Gasteiger partial charge on any atom is -0.495 e. The first-order valence-electron chi connectivity index (χ1n) is 8.62. The van der Waals surface area contributed by atoms with E-state index in [0.29, 0.717) is 29.2 Å². The van der Waals surface area contributed by atoms with Crippen LogP contribution in [0.1, 0.15) is 35.3 Å². The van der Waals surface area contributed by atoms with Crippen molar-refractivity contribution in [3.8, 4) is 11.5 Å². The molecule has 1 fully saturated rings. The van der Waals surface area contributed by atoms with Crippen LogP contribution in [0, 0.1) is 0 Å². The van der Waals surface area contributed by atoms with E-state index in [4.69, 9.17) is 14.2 Å². The van der Waals surface area contributed by atoms with Gasteiger partial charge in [-0.05, 0) is 37.3 Å². The molecule has 27 heavy (non-hydrogen) atoms. The molecule has 140 valence electrons. The van der Waals surface area contributed by atoms with E-state index in [2.05, 4.69) is 5.32 Å². The Morgan fingerprint density at radius 2 is 2.04 bits per heavy atom. The van der Waals surface area contributed by atoms with Crippen LogP contribution < -0.4 is 19.7 Å². The van der Waals surface area contributed by atoms with Gasteiger partial charge in [0.25, 0.3) is 0 Å². The number of esters is 1. The van der Waals surface area contributed by atoms with Crippen LogP contribution in [-0.4, -0.2) is 31.9 Å². The molecular formula is C20H20N2O5. The van der Waals surface area contributed by atoms with E-state index in [-0.39, 0.29) is 12.1 Å². The molecule has 2 aliphatic heterocycles. The van der Waals surface area contributed by atoms with Crippen molar-refractivity contribution in [2.45, 2.75) is 25.1 Å². The number of hydrogen-bond acceptors (Lipinski definition) is 5. The number of methoxy groups -OCH3 is 2. The van der Waals surface area contributed by atoms with E-state index in [1.807, 2.05) is 25.1 Å². The second kappa shape index (κ2) is 6.19. The monoisotopic (exact) mass is 368 g/mol. The summed E-state index contributed by atoms with van der Waals surface area (Å²) in [5.74, 6) is 0.785. The summed E-state index contributed by atoms with van der Waals surface area (Å²) in [5.41, 5.74) is 0.933.